The second-order valence-electron chi connectivity index (χ2n) is 3.59. The Balaban J connectivity index is 2.22. The van der Waals surface area contributed by atoms with Crippen LogP contribution in [0.2, 0.25) is 5.02 Å². The summed E-state index contributed by atoms with van der Waals surface area (Å²) in [5, 5.41) is 15.4. The van der Waals surface area contributed by atoms with Crippen molar-refractivity contribution in [2.24, 2.45) is 0 Å². The predicted molar refractivity (Wildman–Crippen MR) is 75.5 cm³/mol. The molecule has 3 nitrogen and oxygen atoms in total. The van der Waals surface area contributed by atoms with Gasteiger partial charge in [0.2, 0.25) is 0 Å². The number of nitriles is 1. The lowest BCUT2D eigenvalue weighted by Gasteiger charge is -2.03. The summed E-state index contributed by atoms with van der Waals surface area (Å²) < 4.78 is 0. The topological polar surface area (TPSA) is 48.7 Å². The highest BCUT2D eigenvalue weighted by Crippen LogP contribution is 2.23. The number of allylic oxidation sites excluding steroid dienone is 1. The number of para-hydroxylation sites is 1. The molecule has 0 atom stereocenters. The van der Waals surface area contributed by atoms with Crippen molar-refractivity contribution in [1.29, 1.82) is 5.26 Å². The molecule has 1 heterocycles. The number of halogens is 1. The SMILES string of the molecule is Cc1csc(/C(C#N)=C/Nc2ccccc2Cl)n1. The van der Waals surface area contributed by atoms with Crippen molar-refractivity contribution < 1.29 is 0 Å². The van der Waals surface area contributed by atoms with Gasteiger partial charge in [0.15, 0.2) is 0 Å². The molecule has 0 radical (unpaired) electrons. The summed E-state index contributed by atoms with van der Waals surface area (Å²) in [4.78, 5) is 4.27. The van der Waals surface area contributed by atoms with Gasteiger partial charge >= 0.3 is 0 Å². The summed E-state index contributed by atoms with van der Waals surface area (Å²) in [6.07, 6.45) is 1.62. The molecule has 0 unspecified atom stereocenters. The molecular weight excluding hydrogens is 266 g/mol. The third-order valence-corrected chi connectivity index (χ3v) is 3.54. The molecule has 0 bridgehead atoms. The quantitative estimate of drug-likeness (QED) is 0.859. The van der Waals surface area contributed by atoms with E-state index in [0.717, 1.165) is 11.4 Å². The Morgan fingerprint density at radius 1 is 1.50 bits per heavy atom. The average Bonchev–Trinajstić information content (AvgIpc) is 2.79. The van der Waals surface area contributed by atoms with Crippen molar-refractivity contribution in [1.82, 2.24) is 4.98 Å². The second-order valence-corrected chi connectivity index (χ2v) is 4.85. The minimum atomic E-state index is 0.494. The van der Waals surface area contributed by atoms with Crippen LogP contribution in [0.5, 0.6) is 0 Å². The van der Waals surface area contributed by atoms with Gasteiger partial charge in [-0.05, 0) is 19.1 Å². The summed E-state index contributed by atoms with van der Waals surface area (Å²) in [6, 6.07) is 9.49. The number of aryl methyl sites for hydroxylation is 1. The number of nitrogens with one attached hydrogen (secondary N) is 1. The highest BCUT2D eigenvalue weighted by molar-refractivity contribution is 7.10. The standard InChI is InChI=1S/C13H10ClN3S/c1-9-8-18-13(17-9)10(6-15)7-16-12-5-3-2-4-11(12)14/h2-5,7-8,16H,1H3/b10-7+. The van der Waals surface area contributed by atoms with Gasteiger partial charge in [-0.15, -0.1) is 11.3 Å². The van der Waals surface area contributed by atoms with Gasteiger partial charge in [-0.25, -0.2) is 4.98 Å². The Labute approximate surface area is 114 Å². The lowest BCUT2D eigenvalue weighted by atomic mass is 10.3. The first kappa shape index (κ1) is 12.6. The fourth-order valence-electron chi connectivity index (χ4n) is 1.35. The number of aromatic nitrogens is 1. The molecule has 0 saturated carbocycles. The van der Waals surface area contributed by atoms with Gasteiger partial charge in [-0.3, -0.25) is 0 Å². The van der Waals surface area contributed by atoms with Crippen molar-refractivity contribution in [2.45, 2.75) is 6.92 Å². The van der Waals surface area contributed by atoms with Crippen LogP contribution in [0.15, 0.2) is 35.8 Å². The van der Waals surface area contributed by atoms with Gasteiger partial charge in [0.05, 0.1) is 10.7 Å². The van der Waals surface area contributed by atoms with E-state index in [2.05, 4.69) is 16.4 Å². The first-order valence-corrected chi connectivity index (χ1v) is 6.50. The minimum absolute atomic E-state index is 0.494. The fraction of sp³-hybridized carbons (Fsp3) is 0.0769. The molecule has 0 aliphatic heterocycles. The van der Waals surface area contributed by atoms with E-state index in [9.17, 15) is 0 Å². The van der Waals surface area contributed by atoms with Crippen molar-refractivity contribution in [3.05, 3.63) is 51.6 Å². The molecule has 90 valence electrons. The Morgan fingerprint density at radius 3 is 2.89 bits per heavy atom. The largest absolute Gasteiger partial charge is 0.359 e. The normalized spacial score (nSPS) is 11.1. The Morgan fingerprint density at radius 2 is 2.28 bits per heavy atom. The van der Waals surface area contributed by atoms with Crippen molar-refractivity contribution in [2.75, 3.05) is 5.32 Å². The van der Waals surface area contributed by atoms with E-state index < -0.39 is 0 Å². The van der Waals surface area contributed by atoms with Crippen LogP contribution in [0.4, 0.5) is 5.69 Å². The molecule has 0 aliphatic rings. The summed E-state index contributed by atoms with van der Waals surface area (Å²) in [7, 11) is 0. The number of thiazole rings is 1. The van der Waals surface area contributed by atoms with Gasteiger partial charge in [0, 0.05) is 17.3 Å². The number of rotatable bonds is 3. The third-order valence-electron chi connectivity index (χ3n) is 2.22. The van der Waals surface area contributed by atoms with E-state index in [-0.39, 0.29) is 0 Å². The summed E-state index contributed by atoms with van der Waals surface area (Å²) in [6.45, 7) is 1.90. The number of anilines is 1. The monoisotopic (exact) mass is 275 g/mol. The predicted octanol–water partition coefficient (Wildman–Crippen LogP) is 4.08. The van der Waals surface area contributed by atoms with Gasteiger partial charge in [0.25, 0.3) is 0 Å². The van der Waals surface area contributed by atoms with Crippen LogP contribution in [0, 0.1) is 18.3 Å². The number of hydrogen-bond acceptors (Lipinski definition) is 4. The maximum Gasteiger partial charge on any atom is 0.135 e. The van der Waals surface area contributed by atoms with E-state index in [0.29, 0.717) is 15.6 Å². The van der Waals surface area contributed by atoms with Crippen molar-refractivity contribution in [3.8, 4) is 6.07 Å². The van der Waals surface area contributed by atoms with E-state index in [4.69, 9.17) is 16.9 Å². The third kappa shape index (κ3) is 2.89. The Bertz CT molecular complexity index is 625. The van der Waals surface area contributed by atoms with Crippen LogP contribution in [0.3, 0.4) is 0 Å². The van der Waals surface area contributed by atoms with Crippen LogP contribution in [0.25, 0.3) is 5.57 Å². The van der Waals surface area contributed by atoms with Crippen molar-refractivity contribution in [3.63, 3.8) is 0 Å². The van der Waals surface area contributed by atoms with Gasteiger partial charge in [-0.2, -0.15) is 5.26 Å². The summed E-state index contributed by atoms with van der Waals surface area (Å²) in [5.74, 6) is 0. The van der Waals surface area contributed by atoms with Crippen LogP contribution in [-0.2, 0) is 0 Å². The van der Waals surface area contributed by atoms with Crippen LogP contribution >= 0.6 is 22.9 Å². The first-order chi connectivity index (χ1) is 8.70. The molecule has 0 aliphatic carbocycles. The number of nitrogens with zero attached hydrogens (tertiary/aromatic N) is 2. The molecule has 18 heavy (non-hydrogen) atoms. The second kappa shape index (κ2) is 5.67. The molecule has 1 N–H and O–H groups in total. The zero-order chi connectivity index (χ0) is 13.0. The maximum absolute atomic E-state index is 9.11. The number of benzene rings is 1. The Kier molecular flexibility index (Phi) is 3.98. The van der Waals surface area contributed by atoms with E-state index >= 15 is 0 Å². The average molecular weight is 276 g/mol. The molecule has 1 aromatic heterocycles. The molecule has 0 spiro atoms. The Hall–Kier alpha value is -1.83. The van der Waals surface area contributed by atoms with Crippen molar-refractivity contribution >= 4 is 34.2 Å². The zero-order valence-electron chi connectivity index (χ0n) is 9.64. The van der Waals surface area contributed by atoms with Crippen LogP contribution in [-0.4, -0.2) is 4.98 Å². The van der Waals surface area contributed by atoms with E-state index in [1.807, 2.05) is 30.5 Å². The molecular formula is C13H10ClN3S. The molecule has 5 heteroatoms. The number of hydrogen-bond donors (Lipinski definition) is 1. The zero-order valence-corrected chi connectivity index (χ0v) is 11.2. The molecule has 0 amide bonds. The molecule has 2 rings (SSSR count). The molecule has 2 aromatic rings. The lowest BCUT2D eigenvalue weighted by Crippen LogP contribution is -1.91. The molecule has 0 fully saturated rings. The van der Waals surface area contributed by atoms with Gasteiger partial charge < -0.3 is 5.32 Å². The van der Waals surface area contributed by atoms with E-state index in [1.165, 1.54) is 11.3 Å². The maximum atomic E-state index is 9.11. The smallest absolute Gasteiger partial charge is 0.135 e. The summed E-state index contributed by atoms with van der Waals surface area (Å²) >= 11 is 7.46. The molecule has 0 saturated heterocycles. The summed E-state index contributed by atoms with van der Waals surface area (Å²) in [5.41, 5.74) is 2.17. The van der Waals surface area contributed by atoms with Crippen LogP contribution < -0.4 is 5.32 Å². The van der Waals surface area contributed by atoms with E-state index in [1.54, 1.807) is 12.3 Å². The van der Waals surface area contributed by atoms with Gasteiger partial charge in [-0.1, -0.05) is 23.7 Å². The fourth-order valence-corrected chi connectivity index (χ4v) is 2.30. The molecule has 1 aromatic carbocycles. The minimum Gasteiger partial charge on any atom is -0.359 e. The lowest BCUT2D eigenvalue weighted by molar-refractivity contribution is 1.24. The van der Waals surface area contributed by atoms with Gasteiger partial charge in [0.1, 0.15) is 16.6 Å². The highest BCUT2D eigenvalue weighted by atomic mass is 35.5. The first-order valence-electron chi connectivity index (χ1n) is 5.24. The van der Waals surface area contributed by atoms with Crippen LogP contribution in [0.1, 0.15) is 10.7 Å². The highest BCUT2D eigenvalue weighted by Gasteiger charge is 2.05.